The van der Waals surface area contributed by atoms with Gasteiger partial charge in [0.2, 0.25) is 0 Å². The monoisotopic (exact) mass is 523 g/mol. The second kappa shape index (κ2) is 9.58. The van der Waals surface area contributed by atoms with Crippen LogP contribution < -0.4 is 0 Å². The zero-order valence-electron chi connectivity index (χ0n) is 22.3. The number of benzene rings is 6. The van der Waals surface area contributed by atoms with Crippen LogP contribution in [0.4, 0.5) is 0 Å². The molecule has 0 saturated carbocycles. The molecule has 0 amide bonds. The number of para-hydroxylation sites is 3. The zero-order chi connectivity index (χ0) is 27.2. The minimum Gasteiger partial charge on any atom is -0.292 e. The molecule has 0 atom stereocenters. The first-order chi connectivity index (χ1) is 20.3. The van der Waals surface area contributed by atoms with Crippen LogP contribution in [0.1, 0.15) is 0 Å². The molecule has 2 aromatic heterocycles. The maximum absolute atomic E-state index is 5.05. The number of pyridine rings is 1. The van der Waals surface area contributed by atoms with Crippen LogP contribution >= 0.6 is 0 Å². The van der Waals surface area contributed by atoms with Crippen molar-refractivity contribution in [3.8, 4) is 39.3 Å². The van der Waals surface area contributed by atoms with Gasteiger partial charge in [0, 0.05) is 28.2 Å². The van der Waals surface area contributed by atoms with Gasteiger partial charge in [0.05, 0.1) is 16.6 Å². The van der Waals surface area contributed by atoms with Gasteiger partial charge in [0.1, 0.15) is 5.82 Å². The number of hydrogen-bond acceptors (Lipinski definition) is 2. The van der Waals surface area contributed by atoms with Gasteiger partial charge in [-0.25, -0.2) is 4.98 Å². The highest BCUT2D eigenvalue weighted by atomic mass is 15.1. The van der Waals surface area contributed by atoms with Crippen LogP contribution in [0.25, 0.3) is 72.0 Å². The van der Waals surface area contributed by atoms with Gasteiger partial charge in [0.25, 0.3) is 0 Å². The summed E-state index contributed by atoms with van der Waals surface area (Å²) < 4.78 is 2.24. The Labute approximate surface area is 238 Å². The molecule has 6 aromatic carbocycles. The van der Waals surface area contributed by atoms with E-state index in [1.165, 1.54) is 27.3 Å². The average molecular weight is 524 g/mol. The lowest BCUT2D eigenvalue weighted by atomic mass is 9.97. The summed E-state index contributed by atoms with van der Waals surface area (Å²) in [4.78, 5) is 9.78. The first-order valence-corrected chi connectivity index (χ1v) is 13.8. The Bertz CT molecular complexity index is 2190. The minimum atomic E-state index is 0.937. The first-order valence-electron chi connectivity index (χ1n) is 13.8. The average Bonchev–Trinajstić information content (AvgIpc) is 3.45. The highest BCUT2D eigenvalue weighted by Crippen LogP contribution is 2.33. The van der Waals surface area contributed by atoms with Crippen LogP contribution in [0.5, 0.6) is 0 Å². The number of rotatable bonds is 4. The maximum atomic E-state index is 5.05. The second-order valence-corrected chi connectivity index (χ2v) is 10.3. The predicted molar refractivity (Wildman–Crippen MR) is 170 cm³/mol. The lowest BCUT2D eigenvalue weighted by Crippen LogP contribution is -1.97. The molecule has 0 saturated heterocycles. The molecule has 0 N–H and O–H groups in total. The Balaban J connectivity index is 1.16. The van der Waals surface area contributed by atoms with Gasteiger partial charge in [0.15, 0.2) is 0 Å². The van der Waals surface area contributed by atoms with Crippen molar-refractivity contribution in [3.63, 3.8) is 0 Å². The predicted octanol–water partition coefficient (Wildman–Crippen LogP) is 9.73. The van der Waals surface area contributed by atoms with Crippen LogP contribution in [-0.2, 0) is 0 Å². The lowest BCUT2D eigenvalue weighted by molar-refractivity contribution is 1.10. The fourth-order valence-corrected chi connectivity index (χ4v) is 5.79. The Morgan fingerprint density at radius 1 is 0.439 bits per heavy atom. The highest BCUT2D eigenvalue weighted by molar-refractivity contribution is 6.06. The summed E-state index contributed by atoms with van der Waals surface area (Å²) in [6.45, 7) is 0. The van der Waals surface area contributed by atoms with Gasteiger partial charge in [-0.2, -0.15) is 0 Å². The van der Waals surface area contributed by atoms with Crippen molar-refractivity contribution in [2.45, 2.75) is 0 Å². The fourth-order valence-electron chi connectivity index (χ4n) is 5.79. The summed E-state index contributed by atoms with van der Waals surface area (Å²) in [6, 6.07) is 51.2. The van der Waals surface area contributed by atoms with Gasteiger partial charge in [-0.1, -0.05) is 109 Å². The lowest BCUT2D eigenvalue weighted by Gasteiger charge is -2.11. The van der Waals surface area contributed by atoms with Gasteiger partial charge in [-0.15, -0.1) is 0 Å². The summed E-state index contributed by atoms with van der Waals surface area (Å²) in [6.07, 6.45) is 1.96. The number of imidazole rings is 1. The molecule has 8 rings (SSSR count). The number of nitrogens with zero attached hydrogens (tertiary/aromatic N) is 3. The Morgan fingerprint density at radius 2 is 1.12 bits per heavy atom. The molecule has 0 unspecified atom stereocenters. The number of fused-ring (bicyclic) bond motifs is 4. The molecule has 0 aliphatic rings. The van der Waals surface area contributed by atoms with Gasteiger partial charge in [-0.05, 0) is 64.0 Å². The van der Waals surface area contributed by atoms with E-state index in [-0.39, 0.29) is 0 Å². The van der Waals surface area contributed by atoms with E-state index in [1.807, 2.05) is 18.3 Å². The minimum absolute atomic E-state index is 0.937. The summed E-state index contributed by atoms with van der Waals surface area (Å²) in [5.74, 6) is 0.937. The number of aromatic nitrogens is 3. The van der Waals surface area contributed by atoms with Gasteiger partial charge >= 0.3 is 0 Å². The van der Waals surface area contributed by atoms with Crippen molar-refractivity contribution in [2.75, 3.05) is 0 Å². The molecule has 192 valence electrons. The summed E-state index contributed by atoms with van der Waals surface area (Å²) in [5, 5.41) is 3.58. The molecule has 3 nitrogen and oxygen atoms in total. The topological polar surface area (TPSA) is 30.7 Å². The summed E-state index contributed by atoms with van der Waals surface area (Å²) >= 11 is 0. The van der Waals surface area contributed by atoms with E-state index in [4.69, 9.17) is 9.97 Å². The number of hydrogen-bond donors (Lipinski definition) is 0. The third-order valence-corrected chi connectivity index (χ3v) is 7.84. The van der Waals surface area contributed by atoms with E-state index in [0.717, 1.165) is 44.8 Å². The third kappa shape index (κ3) is 4.07. The van der Waals surface area contributed by atoms with E-state index in [0.29, 0.717) is 0 Å². The van der Waals surface area contributed by atoms with Crippen molar-refractivity contribution in [2.24, 2.45) is 0 Å². The Morgan fingerprint density at radius 3 is 1.98 bits per heavy atom. The molecular weight excluding hydrogens is 498 g/mol. The summed E-state index contributed by atoms with van der Waals surface area (Å²) in [7, 11) is 0. The normalized spacial score (nSPS) is 11.4. The van der Waals surface area contributed by atoms with Gasteiger partial charge < -0.3 is 0 Å². The fraction of sp³-hybridized carbons (Fsp3) is 0. The summed E-state index contributed by atoms with van der Waals surface area (Å²) in [5.41, 5.74) is 9.95. The Kier molecular flexibility index (Phi) is 5.46. The molecule has 0 radical (unpaired) electrons. The van der Waals surface area contributed by atoms with Crippen molar-refractivity contribution in [1.29, 1.82) is 0 Å². The van der Waals surface area contributed by atoms with Crippen LogP contribution in [0.15, 0.2) is 152 Å². The van der Waals surface area contributed by atoms with Crippen molar-refractivity contribution < 1.29 is 0 Å². The van der Waals surface area contributed by atoms with Crippen LogP contribution in [0.2, 0.25) is 0 Å². The molecular formula is C38H25N3. The quantitative estimate of drug-likeness (QED) is 0.215. The second-order valence-electron chi connectivity index (χ2n) is 10.3. The Hall–Kier alpha value is -5.54. The molecule has 0 aliphatic heterocycles. The molecule has 41 heavy (non-hydrogen) atoms. The van der Waals surface area contributed by atoms with E-state index < -0.39 is 0 Å². The van der Waals surface area contributed by atoms with E-state index in [2.05, 4.69) is 138 Å². The van der Waals surface area contributed by atoms with Crippen LogP contribution in [0.3, 0.4) is 0 Å². The molecule has 0 fully saturated rings. The van der Waals surface area contributed by atoms with Crippen LogP contribution in [-0.4, -0.2) is 14.5 Å². The largest absolute Gasteiger partial charge is 0.292 e. The third-order valence-electron chi connectivity index (χ3n) is 7.84. The van der Waals surface area contributed by atoms with E-state index in [9.17, 15) is 0 Å². The van der Waals surface area contributed by atoms with Crippen molar-refractivity contribution in [3.05, 3.63) is 152 Å². The molecule has 3 heteroatoms. The SMILES string of the molecule is c1ccc(-n2c(-c3cccc(-c4ccc(-c5ccc6c(c5)ncc5ccccc56)cc4)c3)nc3ccccc32)cc1. The highest BCUT2D eigenvalue weighted by Gasteiger charge is 2.15. The maximum Gasteiger partial charge on any atom is 0.145 e. The molecule has 0 aliphatic carbocycles. The molecule has 0 spiro atoms. The zero-order valence-corrected chi connectivity index (χ0v) is 22.3. The van der Waals surface area contributed by atoms with Crippen LogP contribution in [0, 0.1) is 0 Å². The smallest absolute Gasteiger partial charge is 0.145 e. The standard InChI is InChI=1S/C38H25N3/c1-2-12-32(13-3-1)41-37-16-7-6-15-35(37)40-38(41)30-11-8-10-28(23-30)26-17-19-27(20-18-26)29-21-22-34-33-14-5-4-9-31(33)25-39-36(34)24-29/h1-25H. The molecule has 0 bridgehead atoms. The van der Waals surface area contributed by atoms with E-state index in [1.54, 1.807) is 0 Å². The van der Waals surface area contributed by atoms with E-state index >= 15 is 0 Å². The van der Waals surface area contributed by atoms with Gasteiger partial charge in [-0.3, -0.25) is 9.55 Å². The van der Waals surface area contributed by atoms with Crippen molar-refractivity contribution in [1.82, 2.24) is 14.5 Å². The molecule has 2 heterocycles. The van der Waals surface area contributed by atoms with Crippen molar-refractivity contribution >= 4 is 32.7 Å². The molecule has 8 aromatic rings. The first kappa shape index (κ1) is 23.4.